The highest BCUT2D eigenvalue weighted by atomic mass is 16.6. The Morgan fingerprint density at radius 1 is 1.33 bits per heavy atom. The molecule has 1 amide bonds. The van der Waals surface area contributed by atoms with Crippen LogP contribution in [0.4, 0.5) is 4.79 Å². The quantitative estimate of drug-likeness (QED) is 0.734. The number of hydrogen-bond acceptors (Lipinski definition) is 4. The van der Waals surface area contributed by atoms with Gasteiger partial charge in [-0.25, -0.2) is 4.79 Å². The molecule has 1 saturated heterocycles. The number of hydrogen-bond donors (Lipinski definition) is 1. The summed E-state index contributed by atoms with van der Waals surface area (Å²) in [5.41, 5.74) is 0. The third-order valence-electron chi connectivity index (χ3n) is 2.65. The van der Waals surface area contributed by atoms with Crippen molar-refractivity contribution in [1.82, 2.24) is 5.32 Å². The van der Waals surface area contributed by atoms with E-state index in [2.05, 4.69) is 10.3 Å². The summed E-state index contributed by atoms with van der Waals surface area (Å²) in [6, 6.07) is 0. The lowest BCUT2D eigenvalue weighted by Crippen LogP contribution is -2.30. The predicted molar refractivity (Wildman–Crippen MR) is 73.3 cm³/mol. The van der Waals surface area contributed by atoms with Gasteiger partial charge in [0.15, 0.2) is 0 Å². The average molecular weight is 258 g/mol. The third-order valence-corrected chi connectivity index (χ3v) is 2.65. The summed E-state index contributed by atoms with van der Waals surface area (Å²) in [7, 11) is 0. The van der Waals surface area contributed by atoms with Gasteiger partial charge in [-0.2, -0.15) is 4.99 Å². The Bertz CT molecular complexity index is 223. The lowest BCUT2D eigenvalue weighted by atomic mass is 10.3. The van der Waals surface area contributed by atoms with Crippen molar-refractivity contribution in [3.8, 4) is 0 Å². The molecule has 1 saturated carbocycles. The molecule has 106 valence electrons. The van der Waals surface area contributed by atoms with Gasteiger partial charge < -0.3 is 14.8 Å². The van der Waals surface area contributed by atoms with Gasteiger partial charge in [0.05, 0.1) is 13.2 Å². The van der Waals surface area contributed by atoms with Crippen molar-refractivity contribution in [1.29, 1.82) is 0 Å². The summed E-state index contributed by atoms with van der Waals surface area (Å²) < 4.78 is 10.0. The van der Waals surface area contributed by atoms with E-state index in [1.807, 2.05) is 0 Å². The van der Waals surface area contributed by atoms with Crippen LogP contribution < -0.4 is 5.32 Å². The number of nitrogens with zero attached hydrogens (tertiary/aromatic N) is 1. The third kappa shape index (κ3) is 8.20. The van der Waals surface area contributed by atoms with Crippen LogP contribution in [-0.2, 0) is 9.47 Å². The van der Waals surface area contributed by atoms with Crippen LogP contribution in [-0.4, -0.2) is 44.7 Å². The van der Waals surface area contributed by atoms with Crippen LogP contribution >= 0.6 is 0 Å². The van der Waals surface area contributed by atoms with Crippen LogP contribution in [0.15, 0.2) is 4.99 Å². The van der Waals surface area contributed by atoms with E-state index in [1.165, 1.54) is 19.1 Å². The molecule has 1 heterocycles. The fourth-order valence-electron chi connectivity index (χ4n) is 1.80. The molecule has 0 bridgehead atoms. The van der Waals surface area contributed by atoms with E-state index < -0.39 is 6.09 Å². The largest absolute Gasteiger partial charge is 0.445 e. The van der Waals surface area contributed by atoms with Crippen molar-refractivity contribution in [2.75, 3.05) is 26.3 Å². The van der Waals surface area contributed by atoms with Crippen molar-refractivity contribution in [2.24, 2.45) is 4.99 Å². The number of carbonyl (C=O) groups is 1. The molecule has 2 aliphatic rings. The first-order valence-corrected chi connectivity index (χ1v) is 6.30. The molecular formula is C13H26N2O3. The van der Waals surface area contributed by atoms with E-state index in [1.54, 1.807) is 6.92 Å². The maximum Gasteiger partial charge on any atom is 0.433 e. The van der Waals surface area contributed by atoms with Gasteiger partial charge in [0.2, 0.25) is 0 Å². The van der Waals surface area contributed by atoms with Gasteiger partial charge in [0.25, 0.3) is 0 Å². The lowest BCUT2D eigenvalue weighted by molar-refractivity contribution is 0.109. The van der Waals surface area contributed by atoms with Gasteiger partial charge in [-0.15, -0.1) is 0 Å². The molecule has 2 rings (SSSR count). The highest BCUT2D eigenvalue weighted by molar-refractivity contribution is 5.78. The van der Waals surface area contributed by atoms with Crippen molar-refractivity contribution in [3.63, 3.8) is 0 Å². The molecule has 0 aromatic heterocycles. The molecule has 18 heavy (non-hydrogen) atoms. The SMILES string of the molecule is C.C1COCCN1.CC=NC(=O)OC1CCCC1. The first-order valence-electron chi connectivity index (χ1n) is 6.30. The maximum atomic E-state index is 10.8. The van der Waals surface area contributed by atoms with Gasteiger partial charge in [0, 0.05) is 19.3 Å². The topological polar surface area (TPSA) is 59.9 Å². The van der Waals surface area contributed by atoms with Crippen LogP contribution in [0.1, 0.15) is 40.0 Å². The molecule has 0 aromatic carbocycles. The van der Waals surface area contributed by atoms with Crippen LogP contribution in [0.25, 0.3) is 0 Å². The zero-order valence-electron chi connectivity index (χ0n) is 10.5. The Morgan fingerprint density at radius 3 is 2.33 bits per heavy atom. The van der Waals surface area contributed by atoms with E-state index in [0.29, 0.717) is 0 Å². The molecular weight excluding hydrogens is 232 g/mol. The average Bonchev–Trinajstić information content (AvgIpc) is 2.85. The number of morpholine rings is 1. The fourth-order valence-corrected chi connectivity index (χ4v) is 1.80. The van der Waals surface area contributed by atoms with Crippen LogP contribution in [0, 0.1) is 0 Å². The van der Waals surface area contributed by atoms with E-state index in [-0.39, 0.29) is 13.5 Å². The Balaban J connectivity index is 0.000000352. The van der Waals surface area contributed by atoms with Crippen molar-refractivity contribution in [2.45, 2.75) is 46.1 Å². The van der Waals surface area contributed by atoms with Crippen molar-refractivity contribution >= 4 is 12.3 Å². The summed E-state index contributed by atoms with van der Waals surface area (Å²) >= 11 is 0. The summed E-state index contributed by atoms with van der Waals surface area (Å²) in [4.78, 5) is 14.3. The van der Waals surface area contributed by atoms with Crippen LogP contribution in [0.3, 0.4) is 0 Å². The second-order valence-electron chi connectivity index (χ2n) is 4.04. The number of amides is 1. The minimum atomic E-state index is -0.445. The smallest absolute Gasteiger partial charge is 0.433 e. The zero-order valence-corrected chi connectivity index (χ0v) is 10.5. The fraction of sp³-hybridized carbons (Fsp3) is 0.846. The number of rotatable bonds is 1. The van der Waals surface area contributed by atoms with Crippen LogP contribution in [0.2, 0.25) is 0 Å². The highest BCUT2D eigenvalue weighted by Crippen LogP contribution is 2.21. The first-order chi connectivity index (χ1) is 8.33. The van der Waals surface area contributed by atoms with Gasteiger partial charge in [-0.3, -0.25) is 0 Å². The van der Waals surface area contributed by atoms with Crippen molar-refractivity contribution in [3.05, 3.63) is 0 Å². The summed E-state index contributed by atoms with van der Waals surface area (Å²) in [6.07, 6.45) is 5.50. The Labute approximate surface area is 110 Å². The molecule has 0 aromatic rings. The molecule has 0 radical (unpaired) electrons. The van der Waals surface area contributed by atoms with E-state index in [9.17, 15) is 4.79 Å². The Hall–Kier alpha value is -0.940. The maximum absolute atomic E-state index is 10.8. The molecule has 1 aliphatic carbocycles. The molecule has 5 nitrogen and oxygen atoms in total. The summed E-state index contributed by atoms with van der Waals surface area (Å²) in [6.45, 7) is 5.54. The molecule has 0 spiro atoms. The number of carbonyl (C=O) groups excluding carboxylic acids is 1. The molecule has 1 aliphatic heterocycles. The number of ether oxygens (including phenoxy) is 2. The Kier molecular flexibility index (Phi) is 10.6. The van der Waals surface area contributed by atoms with E-state index >= 15 is 0 Å². The van der Waals surface area contributed by atoms with Gasteiger partial charge >= 0.3 is 6.09 Å². The van der Waals surface area contributed by atoms with Crippen LogP contribution in [0.5, 0.6) is 0 Å². The standard InChI is InChI=1S/C8H13NO2.C4H9NO.CH4/c1-2-9-8(10)11-7-5-3-4-6-7;1-3-6-4-2-5-1;/h2,7H,3-6H2,1H3;5H,1-4H2;1H4. The summed E-state index contributed by atoms with van der Waals surface area (Å²) in [5, 5.41) is 3.16. The molecule has 0 atom stereocenters. The molecule has 0 unspecified atom stereocenters. The van der Waals surface area contributed by atoms with Gasteiger partial charge in [0.1, 0.15) is 6.10 Å². The highest BCUT2D eigenvalue weighted by Gasteiger charge is 2.18. The van der Waals surface area contributed by atoms with Gasteiger partial charge in [-0.1, -0.05) is 7.43 Å². The second kappa shape index (κ2) is 11.2. The molecule has 1 N–H and O–H groups in total. The lowest BCUT2D eigenvalue weighted by Gasteiger charge is -2.10. The van der Waals surface area contributed by atoms with Gasteiger partial charge in [-0.05, 0) is 32.6 Å². The van der Waals surface area contributed by atoms with Crippen molar-refractivity contribution < 1.29 is 14.3 Å². The first kappa shape index (κ1) is 17.1. The second-order valence-corrected chi connectivity index (χ2v) is 4.04. The summed E-state index contributed by atoms with van der Waals surface area (Å²) in [5.74, 6) is 0. The normalized spacial score (nSPS) is 19.8. The minimum absolute atomic E-state index is 0. The number of nitrogens with one attached hydrogen (secondary N) is 1. The predicted octanol–water partition coefficient (Wildman–Crippen LogP) is 2.40. The molecule has 2 fully saturated rings. The van der Waals surface area contributed by atoms with E-state index in [0.717, 1.165) is 39.1 Å². The molecule has 5 heteroatoms. The zero-order chi connectivity index (χ0) is 12.3. The van der Waals surface area contributed by atoms with E-state index in [4.69, 9.17) is 9.47 Å². The monoisotopic (exact) mass is 258 g/mol. The number of aliphatic imine (C=N–C) groups is 1. The minimum Gasteiger partial charge on any atom is -0.445 e. The Morgan fingerprint density at radius 2 is 1.94 bits per heavy atom.